The van der Waals surface area contributed by atoms with E-state index in [1.54, 1.807) is 6.20 Å². The minimum atomic E-state index is -2.89. The number of fused-ring (bicyclic) bond motifs is 1. The highest BCUT2D eigenvalue weighted by molar-refractivity contribution is 7.91. The Bertz CT molecular complexity index is 741. The Morgan fingerprint density at radius 3 is 2.95 bits per heavy atom. The van der Waals surface area contributed by atoms with Crippen molar-refractivity contribution in [1.29, 1.82) is 0 Å². The fraction of sp³-hybridized carbons (Fsp3) is 0.400. The average molecular weight is 290 g/mol. The van der Waals surface area contributed by atoms with Gasteiger partial charge in [-0.2, -0.15) is 0 Å². The lowest BCUT2D eigenvalue weighted by Gasteiger charge is -2.24. The van der Waals surface area contributed by atoms with Gasteiger partial charge in [-0.3, -0.25) is 4.98 Å². The van der Waals surface area contributed by atoms with E-state index < -0.39 is 9.84 Å². The molecular formula is C15H18N2O2S. The summed E-state index contributed by atoms with van der Waals surface area (Å²) in [6.07, 6.45) is 3.42. The van der Waals surface area contributed by atoms with Crippen molar-refractivity contribution in [2.75, 3.05) is 16.8 Å². The summed E-state index contributed by atoms with van der Waals surface area (Å²) in [5.41, 5.74) is 3.07. The number of aryl methyl sites for hydroxylation is 1. The van der Waals surface area contributed by atoms with Crippen LogP contribution in [0, 0.1) is 6.92 Å². The molecule has 5 heteroatoms. The highest BCUT2D eigenvalue weighted by atomic mass is 32.2. The molecule has 1 N–H and O–H groups in total. The molecule has 0 radical (unpaired) electrons. The highest BCUT2D eigenvalue weighted by Crippen LogP contribution is 2.26. The van der Waals surface area contributed by atoms with Crippen LogP contribution in [0.2, 0.25) is 0 Å². The van der Waals surface area contributed by atoms with E-state index in [-0.39, 0.29) is 11.8 Å². The zero-order valence-electron chi connectivity index (χ0n) is 11.5. The molecule has 4 nitrogen and oxygen atoms in total. The topological polar surface area (TPSA) is 59.1 Å². The van der Waals surface area contributed by atoms with Crippen molar-refractivity contribution in [3.05, 3.63) is 36.0 Å². The summed E-state index contributed by atoms with van der Waals surface area (Å²) in [7, 11) is -2.89. The third-order valence-corrected chi connectivity index (χ3v) is 5.61. The second-order valence-electron chi connectivity index (χ2n) is 5.43. The molecule has 1 aromatic carbocycles. The third-order valence-electron chi connectivity index (χ3n) is 3.79. The second-order valence-corrected chi connectivity index (χ2v) is 7.66. The van der Waals surface area contributed by atoms with Crippen LogP contribution in [0.15, 0.2) is 30.5 Å². The Kier molecular flexibility index (Phi) is 3.38. The predicted molar refractivity (Wildman–Crippen MR) is 81.8 cm³/mol. The van der Waals surface area contributed by atoms with Crippen LogP contribution < -0.4 is 5.32 Å². The lowest BCUT2D eigenvalue weighted by atomic mass is 10.1. The van der Waals surface area contributed by atoms with Crippen molar-refractivity contribution < 1.29 is 8.42 Å². The number of nitrogens with zero attached hydrogens (tertiary/aromatic N) is 1. The summed E-state index contributed by atoms with van der Waals surface area (Å²) in [4.78, 5) is 4.40. The van der Waals surface area contributed by atoms with Crippen LogP contribution in [-0.4, -0.2) is 30.9 Å². The fourth-order valence-electron chi connectivity index (χ4n) is 2.80. The number of hydrogen-bond acceptors (Lipinski definition) is 4. The minimum Gasteiger partial charge on any atom is -0.381 e. The number of pyridine rings is 1. The summed E-state index contributed by atoms with van der Waals surface area (Å²) >= 11 is 0. The van der Waals surface area contributed by atoms with E-state index in [0.29, 0.717) is 5.75 Å². The Balaban J connectivity index is 1.93. The first-order valence-electron chi connectivity index (χ1n) is 6.86. The molecule has 1 aliphatic heterocycles. The van der Waals surface area contributed by atoms with Crippen LogP contribution in [0.4, 0.5) is 5.69 Å². The van der Waals surface area contributed by atoms with Gasteiger partial charge in [0.15, 0.2) is 9.84 Å². The quantitative estimate of drug-likeness (QED) is 0.923. The van der Waals surface area contributed by atoms with Gasteiger partial charge in [-0.15, -0.1) is 0 Å². The van der Waals surface area contributed by atoms with Crippen molar-refractivity contribution >= 4 is 26.4 Å². The molecule has 1 aliphatic rings. The molecule has 3 rings (SSSR count). The zero-order valence-corrected chi connectivity index (χ0v) is 12.3. The predicted octanol–water partition coefficient (Wildman–Crippen LogP) is 2.53. The third kappa shape index (κ3) is 2.63. The van der Waals surface area contributed by atoms with Crippen molar-refractivity contribution in [2.45, 2.75) is 25.8 Å². The van der Waals surface area contributed by atoms with E-state index in [4.69, 9.17) is 0 Å². The molecular weight excluding hydrogens is 272 g/mol. The maximum Gasteiger partial charge on any atom is 0.152 e. The van der Waals surface area contributed by atoms with Gasteiger partial charge in [0.1, 0.15) is 0 Å². The molecule has 2 heterocycles. The molecule has 106 valence electrons. The molecule has 0 aliphatic carbocycles. The molecule has 1 atom stereocenters. The van der Waals surface area contributed by atoms with E-state index in [1.807, 2.05) is 31.2 Å². The summed E-state index contributed by atoms with van der Waals surface area (Å²) in [5, 5.41) is 4.44. The monoisotopic (exact) mass is 290 g/mol. The van der Waals surface area contributed by atoms with Gasteiger partial charge in [-0.1, -0.05) is 6.07 Å². The van der Waals surface area contributed by atoms with Crippen molar-refractivity contribution in [2.24, 2.45) is 0 Å². The van der Waals surface area contributed by atoms with Crippen LogP contribution in [0.25, 0.3) is 10.9 Å². The molecule has 1 fully saturated rings. The number of rotatable bonds is 2. The molecule has 1 unspecified atom stereocenters. The van der Waals surface area contributed by atoms with Crippen LogP contribution in [0.3, 0.4) is 0 Å². The van der Waals surface area contributed by atoms with Gasteiger partial charge >= 0.3 is 0 Å². The first kappa shape index (κ1) is 13.4. The zero-order chi connectivity index (χ0) is 14.2. The summed E-state index contributed by atoms with van der Waals surface area (Å²) in [6.45, 7) is 2.03. The van der Waals surface area contributed by atoms with Gasteiger partial charge in [0, 0.05) is 23.3 Å². The molecule has 1 aromatic heterocycles. The van der Waals surface area contributed by atoms with Gasteiger partial charge in [-0.05, 0) is 43.5 Å². The van der Waals surface area contributed by atoms with Gasteiger partial charge < -0.3 is 5.32 Å². The summed E-state index contributed by atoms with van der Waals surface area (Å²) in [6, 6.07) is 7.97. The first-order chi connectivity index (χ1) is 9.55. The van der Waals surface area contributed by atoms with E-state index >= 15 is 0 Å². The molecule has 0 saturated carbocycles. The lowest BCUT2D eigenvalue weighted by molar-refractivity contribution is 0.562. The van der Waals surface area contributed by atoms with Crippen molar-refractivity contribution in [3.63, 3.8) is 0 Å². The Morgan fingerprint density at radius 1 is 1.30 bits per heavy atom. The molecule has 0 amide bonds. The SMILES string of the molecule is Cc1ccc(NC2CCCS(=O)(=O)C2)c2cccnc12. The van der Waals surface area contributed by atoms with Gasteiger partial charge in [0.05, 0.1) is 17.0 Å². The molecule has 0 bridgehead atoms. The number of hydrogen-bond donors (Lipinski definition) is 1. The van der Waals surface area contributed by atoms with E-state index in [2.05, 4.69) is 10.3 Å². The van der Waals surface area contributed by atoms with E-state index in [9.17, 15) is 8.42 Å². The molecule has 0 spiro atoms. The minimum absolute atomic E-state index is 0.000128. The lowest BCUT2D eigenvalue weighted by Crippen LogP contribution is -2.34. The standard InChI is InChI=1S/C15H18N2O2S/c1-11-6-7-14(13-5-2-8-16-15(11)13)17-12-4-3-9-20(18,19)10-12/h2,5-8,12,17H,3-4,9-10H2,1H3. The Labute approximate surface area is 119 Å². The highest BCUT2D eigenvalue weighted by Gasteiger charge is 2.24. The number of sulfone groups is 1. The van der Waals surface area contributed by atoms with E-state index in [0.717, 1.165) is 35.0 Å². The maximum atomic E-state index is 11.7. The Morgan fingerprint density at radius 2 is 2.15 bits per heavy atom. The average Bonchev–Trinajstić information content (AvgIpc) is 2.41. The maximum absolute atomic E-state index is 11.7. The van der Waals surface area contributed by atoms with Gasteiger partial charge in [-0.25, -0.2) is 8.42 Å². The molecule has 2 aromatic rings. The van der Waals surface area contributed by atoms with Crippen molar-refractivity contribution in [1.82, 2.24) is 4.98 Å². The number of aromatic nitrogens is 1. The normalized spacial score (nSPS) is 21.8. The van der Waals surface area contributed by atoms with Crippen molar-refractivity contribution in [3.8, 4) is 0 Å². The van der Waals surface area contributed by atoms with Gasteiger partial charge in [0.25, 0.3) is 0 Å². The summed E-state index contributed by atoms with van der Waals surface area (Å²) in [5.74, 6) is 0.546. The van der Waals surface area contributed by atoms with Crippen LogP contribution in [0.1, 0.15) is 18.4 Å². The number of nitrogens with one attached hydrogen (secondary N) is 1. The summed E-state index contributed by atoms with van der Waals surface area (Å²) < 4.78 is 23.4. The molecule has 1 saturated heterocycles. The number of benzene rings is 1. The smallest absolute Gasteiger partial charge is 0.152 e. The fourth-order valence-corrected chi connectivity index (χ4v) is 4.43. The molecule has 20 heavy (non-hydrogen) atoms. The largest absolute Gasteiger partial charge is 0.381 e. The Hall–Kier alpha value is -1.62. The first-order valence-corrected chi connectivity index (χ1v) is 8.69. The van der Waals surface area contributed by atoms with Crippen LogP contribution in [0.5, 0.6) is 0 Å². The van der Waals surface area contributed by atoms with Crippen LogP contribution in [-0.2, 0) is 9.84 Å². The number of anilines is 1. The van der Waals surface area contributed by atoms with E-state index in [1.165, 1.54) is 0 Å². The van der Waals surface area contributed by atoms with Gasteiger partial charge in [0.2, 0.25) is 0 Å². The second kappa shape index (κ2) is 5.05. The van der Waals surface area contributed by atoms with Crippen LogP contribution >= 0.6 is 0 Å².